The average Bonchev–Trinajstić information content (AvgIpc) is 2.44. The quantitative estimate of drug-likeness (QED) is 0.736. The lowest BCUT2D eigenvalue weighted by Gasteiger charge is -2.19. The molecular weight excluding hydrogens is 329 g/mol. The van der Waals surface area contributed by atoms with Crippen molar-refractivity contribution >= 4 is 11.9 Å². The number of nitrogens with two attached hydrogens (primary N) is 1. The standard InChI is InChI=1S/C15H19F3N2O4/c1-9(19)7-13(21)20-12(8-14(22)23-2)10-3-5-11(6-4-10)24-15(16,17)18/h3-6,9,12H,7-8,19H2,1-2H3,(H,20,21). The number of methoxy groups -OCH3 is 1. The molecule has 0 saturated heterocycles. The largest absolute Gasteiger partial charge is 0.573 e. The van der Waals surface area contributed by atoms with E-state index in [-0.39, 0.29) is 24.8 Å². The average molecular weight is 348 g/mol. The van der Waals surface area contributed by atoms with Crippen LogP contribution in [0, 0.1) is 0 Å². The summed E-state index contributed by atoms with van der Waals surface area (Å²) in [6, 6.07) is 3.76. The summed E-state index contributed by atoms with van der Waals surface area (Å²) in [4.78, 5) is 23.3. The van der Waals surface area contributed by atoms with Crippen molar-refractivity contribution in [1.29, 1.82) is 0 Å². The molecule has 0 aliphatic carbocycles. The molecule has 134 valence electrons. The number of ether oxygens (including phenoxy) is 2. The van der Waals surface area contributed by atoms with Crippen molar-refractivity contribution in [3.05, 3.63) is 29.8 Å². The molecule has 0 radical (unpaired) electrons. The number of carbonyl (C=O) groups excluding carboxylic acids is 2. The van der Waals surface area contributed by atoms with Crippen LogP contribution in [0.3, 0.4) is 0 Å². The molecule has 3 N–H and O–H groups in total. The summed E-state index contributed by atoms with van der Waals surface area (Å²) in [5.41, 5.74) is 5.98. The summed E-state index contributed by atoms with van der Waals surface area (Å²) in [5, 5.41) is 2.61. The van der Waals surface area contributed by atoms with Crippen molar-refractivity contribution < 1.29 is 32.2 Å². The van der Waals surface area contributed by atoms with Crippen LogP contribution in [0.15, 0.2) is 24.3 Å². The van der Waals surface area contributed by atoms with Gasteiger partial charge in [0.25, 0.3) is 0 Å². The van der Waals surface area contributed by atoms with Crippen LogP contribution >= 0.6 is 0 Å². The second-order valence-electron chi connectivity index (χ2n) is 5.20. The zero-order chi connectivity index (χ0) is 18.3. The number of amides is 1. The smallest absolute Gasteiger partial charge is 0.469 e. The van der Waals surface area contributed by atoms with Crippen LogP contribution in [0.2, 0.25) is 0 Å². The molecule has 24 heavy (non-hydrogen) atoms. The van der Waals surface area contributed by atoms with E-state index >= 15 is 0 Å². The van der Waals surface area contributed by atoms with Gasteiger partial charge in [-0.2, -0.15) is 0 Å². The third-order valence-corrected chi connectivity index (χ3v) is 2.96. The second-order valence-corrected chi connectivity index (χ2v) is 5.20. The molecule has 0 aliphatic rings. The van der Waals surface area contributed by atoms with E-state index < -0.39 is 24.1 Å². The molecule has 1 aromatic carbocycles. The van der Waals surface area contributed by atoms with Crippen molar-refractivity contribution in [2.45, 2.75) is 38.2 Å². The lowest BCUT2D eigenvalue weighted by Crippen LogP contribution is -2.34. The Bertz CT molecular complexity index is 559. The molecule has 0 bridgehead atoms. The number of hydrogen-bond donors (Lipinski definition) is 2. The molecule has 2 atom stereocenters. The molecule has 1 amide bonds. The Labute approximate surface area is 137 Å². The van der Waals surface area contributed by atoms with Crippen LogP contribution in [-0.2, 0) is 14.3 Å². The highest BCUT2D eigenvalue weighted by atomic mass is 19.4. The second kappa shape index (κ2) is 8.53. The molecule has 1 aromatic rings. The molecular formula is C15H19F3N2O4. The van der Waals surface area contributed by atoms with Gasteiger partial charge in [0.2, 0.25) is 5.91 Å². The minimum absolute atomic E-state index is 0.0486. The van der Waals surface area contributed by atoms with Crippen LogP contribution in [0.1, 0.15) is 31.4 Å². The Morgan fingerprint density at radius 3 is 2.25 bits per heavy atom. The zero-order valence-electron chi connectivity index (χ0n) is 13.2. The number of alkyl halides is 3. The number of esters is 1. The Kier molecular flexibility index (Phi) is 7.02. The zero-order valence-corrected chi connectivity index (χ0v) is 13.2. The minimum Gasteiger partial charge on any atom is -0.469 e. The predicted octanol–water partition coefficient (Wildman–Crippen LogP) is 2.04. The summed E-state index contributed by atoms with van der Waals surface area (Å²) in [7, 11) is 1.20. The Morgan fingerprint density at radius 2 is 1.79 bits per heavy atom. The first-order valence-electron chi connectivity index (χ1n) is 7.08. The number of benzene rings is 1. The number of halogens is 3. The third-order valence-electron chi connectivity index (χ3n) is 2.96. The van der Waals surface area contributed by atoms with E-state index in [9.17, 15) is 22.8 Å². The van der Waals surface area contributed by atoms with Crippen molar-refractivity contribution in [3.63, 3.8) is 0 Å². The van der Waals surface area contributed by atoms with Gasteiger partial charge in [-0.25, -0.2) is 0 Å². The monoisotopic (exact) mass is 348 g/mol. The highest BCUT2D eigenvalue weighted by Gasteiger charge is 2.31. The van der Waals surface area contributed by atoms with Gasteiger partial charge < -0.3 is 20.5 Å². The SMILES string of the molecule is COC(=O)CC(NC(=O)CC(C)N)c1ccc(OC(F)(F)F)cc1. The van der Waals surface area contributed by atoms with Gasteiger partial charge in [-0.1, -0.05) is 12.1 Å². The summed E-state index contributed by atoms with van der Waals surface area (Å²) >= 11 is 0. The van der Waals surface area contributed by atoms with Crippen LogP contribution < -0.4 is 15.8 Å². The summed E-state index contributed by atoms with van der Waals surface area (Å²) in [6.07, 6.45) is -4.91. The maximum absolute atomic E-state index is 12.2. The van der Waals surface area contributed by atoms with Crippen LogP contribution in [0.25, 0.3) is 0 Å². The van der Waals surface area contributed by atoms with Gasteiger partial charge in [0, 0.05) is 12.5 Å². The molecule has 1 rings (SSSR count). The normalized spacial score (nSPS) is 13.8. The van der Waals surface area contributed by atoms with Crippen LogP contribution in [-0.4, -0.2) is 31.4 Å². The molecule has 0 heterocycles. The van der Waals surface area contributed by atoms with E-state index in [2.05, 4.69) is 14.8 Å². The molecule has 0 aromatic heterocycles. The fourth-order valence-corrected chi connectivity index (χ4v) is 1.95. The van der Waals surface area contributed by atoms with Gasteiger partial charge >= 0.3 is 12.3 Å². The first kappa shape index (κ1) is 19.8. The number of nitrogens with one attached hydrogen (secondary N) is 1. The van der Waals surface area contributed by atoms with Gasteiger partial charge in [-0.05, 0) is 24.6 Å². The van der Waals surface area contributed by atoms with E-state index in [1.54, 1.807) is 6.92 Å². The maximum atomic E-state index is 12.2. The van der Waals surface area contributed by atoms with Gasteiger partial charge in [0.05, 0.1) is 19.6 Å². The first-order chi connectivity index (χ1) is 11.1. The highest BCUT2D eigenvalue weighted by molar-refractivity contribution is 5.78. The van der Waals surface area contributed by atoms with Crippen molar-refractivity contribution in [2.75, 3.05) is 7.11 Å². The van der Waals surface area contributed by atoms with Crippen molar-refractivity contribution in [1.82, 2.24) is 5.32 Å². The van der Waals surface area contributed by atoms with E-state index in [1.807, 2.05) is 0 Å². The number of carbonyl (C=O) groups is 2. The topological polar surface area (TPSA) is 90.7 Å². The number of rotatable bonds is 7. The molecule has 0 spiro atoms. The molecule has 0 fully saturated rings. The lowest BCUT2D eigenvalue weighted by molar-refractivity contribution is -0.274. The fraction of sp³-hybridized carbons (Fsp3) is 0.467. The van der Waals surface area contributed by atoms with E-state index in [4.69, 9.17) is 5.73 Å². The van der Waals surface area contributed by atoms with Crippen molar-refractivity contribution in [3.8, 4) is 5.75 Å². The Morgan fingerprint density at radius 1 is 1.21 bits per heavy atom. The van der Waals surface area contributed by atoms with E-state index in [1.165, 1.54) is 19.2 Å². The van der Waals surface area contributed by atoms with Gasteiger partial charge in [-0.15, -0.1) is 13.2 Å². The highest BCUT2D eigenvalue weighted by Crippen LogP contribution is 2.25. The molecule has 6 nitrogen and oxygen atoms in total. The summed E-state index contributed by atoms with van der Waals surface area (Å²) in [6.45, 7) is 1.65. The third kappa shape index (κ3) is 7.32. The summed E-state index contributed by atoms with van der Waals surface area (Å²) in [5.74, 6) is -1.35. The lowest BCUT2D eigenvalue weighted by atomic mass is 10.0. The molecule has 2 unspecified atom stereocenters. The fourth-order valence-electron chi connectivity index (χ4n) is 1.95. The maximum Gasteiger partial charge on any atom is 0.573 e. The van der Waals surface area contributed by atoms with Gasteiger partial charge in [0.1, 0.15) is 5.75 Å². The molecule has 9 heteroatoms. The van der Waals surface area contributed by atoms with Crippen molar-refractivity contribution in [2.24, 2.45) is 5.73 Å². The first-order valence-corrected chi connectivity index (χ1v) is 7.08. The number of hydrogen-bond acceptors (Lipinski definition) is 5. The van der Waals surface area contributed by atoms with E-state index in [0.717, 1.165) is 12.1 Å². The van der Waals surface area contributed by atoms with Crippen LogP contribution in [0.4, 0.5) is 13.2 Å². The molecule has 0 saturated carbocycles. The predicted molar refractivity (Wildman–Crippen MR) is 78.9 cm³/mol. The molecule has 0 aliphatic heterocycles. The van der Waals surface area contributed by atoms with E-state index in [0.29, 0.717) is 5.56 Å². The van der Waals surface area contributed by atoms with Crippen LogP contribution in [0.5, 0.6) is 5.75 Å². The van der Waals surface area contributed by atoms with Gasteiger partial charge in [0.15, 0.2) is 0 Å². The Balaban J connectivity index is 2.89. The minimum atomic E-state index is -4.79. The Hall–Kier alpha value is -2.29. The summed E-state index contributed by atoms with van der Waals surface area (Å²) < 4.78 is 44.8. The van der Waals surface area contributed by atoms with Gasteiger partial charge in [-0.3, -0.25) is 9.59 Å².